The molecule has 1 atom stereocenters. The molecule has 0 radical (unpaired) electrons. The van der Waals surface area contributed by atoms with Crippen molar-refractivity contribution in [1.29, 1.82) is 0 Å². The first-order valence-corrected chi connectivity index (χ1v) is 7.60. The zero-order valence-electron chi connectivity index (χ0n) is 12.3. The highest BCUT2D eigenvalue weighted by Crippen LogP contribution is 2.22. The lowest BCUT2D eigenvalue weighted by Gasteiger charge is -2.32. The Morgan fingerprint density at radius 2 is 2.05 bits per heavy atom. The number of pyridine rings is 1. The van der Waals surface area contributed by atoms with E-state index in [0.29, 0.717) is 30.3 Å². The summed E-state index contributed by atoms with van der Waals surface area (Å²) in [6, 6.07) is 10.9. The summed E-state index contributed by atoms with van der Waals surface area (Å²) in [4.78, 5) is 18.8. The van der Waals surface area contributed by atoms with Crippen LogP contribution in [0, 0.1) is 6.92 Å². The Balaban J connectivity index is 1.73. The highest BCUT2D eigenvalue weighted by molar-refractivity contribution is 6.30. The van der Waals surface area contributed by atoms with Gasteiger partial charge >= 0.3 is 0 Å². The lowest BCUT2D eigenvalue weighted by molar-refractivity contribution is -0.0247. The number of hydrogen-bond donors (Lipinski definition) is 0. The Morgan fingerprint density at radius 3 is 2.73 bits per heavy atom. The van der Waals surface area contributed by atoms with Crippen molar-refractivity contribution in [3.8, 4) is 0 Å². The van der Waals surface area contributed by atoms with E-state index in [1.165, 1.54) is 0 Å². The number of halogens is 1. The number of amides is 1. The molecule has 114 valence electrons. The van der Waals surface area contributed by atoms with Gasteiger partial charge in [-0.15, -0.1) is 0 Å². The van der Waals surface area contributed by atoms with E-state index in [9.17, 15) is 4.79 Å². The van der Waals surface area contributed by atoms with E-state index in [1.807, 2.05) is 25.3 Å². The van der Waals surface area contributed by atoms with Crippen molar-refractivity contribution in [3.63, 3.8) is 0 Å². The standard InChI is InChI=1S/C17H17ClN2O2/c1-12-2-7-15(19-10-12)16-11-20(8-9-22-16)17(21)13-3-5-14(18)6-4-13/h2-7,10,16H,8-9,11H2,1H3/t16-/m0/s1. The van der Waals surface area contributed by atoms with Crippen molar-refractivity contribution in [2.75, 3.05) is 19.7 Å². The van der Waals surface area contributed by atoms with Crippen LogP contribution in [-0.2, 0) is 4.74 Å². The molecule has 0 saturated carbocycles. The number of aromatic nitrogens is 1. The van der Waals surface area contributed by atoms with Gasteiger partial charge in [0.15, 0.2) is 0 Å². The van der Waals surface area contributed by atoms with Gasteiger partial charge in [-0.05, 0) is 42.8 Å². The largest absolute Gasteiger partial charge is 0.368 e. The van der Waals surface area contributed by atoms with Crippen LogP contribution in [0.1, 0.15) is 27.7 Å². The number of morpholine rings is 1. The summed E-state index contributed by atoms with van der Waals surface area (Å²) in [5, 5.41) is 0.625. The zero-order valence-corrected chi connectivity index (χ0v) is 13.1. The molecule has 0 N–H and O–H groups in total. The van der Waals surface area contributed by atoms with Crippen LogP contribution in [0.25, 0.3) is 0 Å². The van der Waals surface area contributed by atoms with Crippen LogP contribution in [0.4, 0.5) is 0 Å². The number of rotatable bonds is 2. The molecule has 1 saturated heterocycles. The zero-order chi connectivity index (χ0) is 15.5. The molecule has 0 aliphatic carbocycles. The van der Waals surface area contributed by atoms with Crippen LogP contribution in [-0.4, -0.2) is 35.5 Å². The maximum Gasteiger partial charge on any atom is 0.254 e. The minimum Gasteiger partial charge on any atom is -0.368 e. The molecule has 1 aromatic carbocycles. The van der Waals surface area contributed by atoms with E-state index >= 15 is 0 Å². The van der Waals surface area contributed by atoms with Crippen LogP contribution in [0.15, 0.2) is 42.6 Å². The molecule has 1 aliphatic rings. The lowest BCUT2D eigenvalue weighted by Crippen LogP contribution is -2.42. The summed E-state index contributed by atoms with van der Waals surface area (Å²) in [5.41, 5.74) is 2.61. The highest BCUT2D eigenvalue weighted by atomic mass is 35.5. The SMILES string of the molecule is Cc1ccc([C@@H]2CN(C(=O)c3ccc(Cl)cc3)CCO2)nc1. The van der Waals surface area contributed by atoms with Crippen LogP contribution >= 0.6 is 11.6 Å². The molecule has 3 rings (SSSR count). The van der Waals surface area contributed by atoms with E-state index < -0.39 is 0 Å². The third-order valence-electron chi connectivity index (χ3n) is 3.71. The number of nitrogens with zero attached hydrogens (tertiary/aromatic N) is 2. The molecule has 2 aromatic rings. The second kappa shape index (κ2) is 6.46. The molecule has 22 heavy (non-hydrogen) atoms. The molecule has 1 aromatic heterocycles. The Bertz CT molecular complexity index is 655. The van der Waals surface area contributed by atoms with Crippen LogP contribution in [0.3, 0.4) is 0 Å². The Hall–Kier alpha value is -1.91. The van der Waals surface area contributed by atoms with Crippen molar-refractivity contribution >= 4 is 17.5 Å². The first kappa shape index (κ1) is 15.0. The number of aryl methyl sites for hydroxylation is 1. The highest BCUT2D eigenvalue weighted by Gasteiger charge is 2.26. The second-order valence-corrected chi connectivity index (χ2v) is 5.81. The maximum absolute atomic E-state index is 12.5. The summed E-state index contributed by atoms with van der Waals surface area (Å²) >= 11 is 5.86. The number of benzene rings is 1. The van der Waals surface area contributed by atoms with Gasteiger partial charge in [0.05, 0.1) is 18.8 Å². The summed E-state index contributed by atoms with van der Waals surface area (Å²) in [6.07, 6.45) is 1.64. The number of carbonyl (C=O) groups is 1. The summed E-state index contributed by atoms with van der Waals surface area (Å²) in [5.74, 6) is -0.00271. The van der Waals surface area contributed by atoms with Crippen molar-refractivity contribution in [1.82, 2.24) is 9.88 Å². The Morgan fingerprint density at radius 1 is 1.27 bits per heavy atom. The quantitative estimate of drug-likeness (QED) is 0.854. The monoisotopic (exact) mass is 316 g/mol. The van der Waals surface area contributed by atoms with Gasteiger partial charge in [0.2, 0.25) is 0 Å². The molecule has 5 heteroatoms. The minimum atomic E-state index is -0.175. The van der Waals surface area contributed by atoms with Crippen molar-refractivity contribution in [3.05, 3.63) is 64.4 Å². The second-order valence-electron chi connectivity index (χ2n) is 5.38. The van der Waals surface area contributed by atoms with Gasteiger partial charge in [0.25, 0.3) is 5.91 Å². The molecular weight excluding hydrogens is 300 g/mol. The predicted octanol–water partition coefficient (Wildman–Crippen LogP) is 3.26. The summed E-state index contributed by atoms with van der Waals surface area (Å²) in [7, 11) is 0. The molecule has 2 heterocycles. The van der Waals surface area contributed by atoms with Crippen LogP contribution in [0.5, 0.6) is 0 Å². The fourth-order valence-corrected chi connectivity index (χ4v) is 2.58. The van der Waals surface area contributed by atoms with Gasteiger partial charge in [-0.3, -0.25) is 9.78 Å². The molecule has 1 aliphatic heterocycles. The van der Waals surface area contributed by atoms with Gasteiger partial charge in [-0.2, -0.15) is 0 Å². The molecule has 0 spiro atoms. The van der Waals surface area contributed by atoms with Gasteiger partial charge in [-0.25, -0.2) is 0 Å². The van der Waals surface area contributed by atoms with Gasteiger partial charge < -0.3 is 9.64 Å². The van der Waals surface area contributed by atoms with Crippen LogP contribution in [0.2, 0.25) is 5.02 Å². The third-order valence-corrected chi connectivity index (χ3v) is 3.96. The van der Waals surface area contributed by atoms with Crippen molar-refractivity contribution < 1.29 is 9.53 Å². The van der Waals surface area contributed by atoms with Crippen molar-refractivity contribution in [2.45, 2.75) is 13.0 Å². The van der Waals surface area contributed by atoms with E-state index in [2.05, 4.69) is 4.98 Å². The maximum atomic E-state index is 12.5. The molecular formula is C17H17ClN2O2. The fourth-order valence-electron chi connectivity index (χ4n) is 2.46. The third kappa shape index (κ3) is 3.29. The van der Waals surface area contributed by atoms with Crippen molar-refractivity contribution in [2.24, 2.45) is 0 Å². The molecule has 0 unspecified atom stereocenters. The Labute approximate surface area is 134 Å². The smallest absolute Gasteiger partial charge is 0.254 e. The number of ether oxygens (including phenoxy) is 1. The average Bonchev–Trinajstić information content (AvgIpc) is 2.56. The van der Waals surface area contributed by atoms with Gasteiger partial charge in [0.1, 0.15) is 6.10 Å². The summed E-state index contributed by atoms with van der Waals surface area (Å²) < 4.78 is 5.76. The minimum absolute atomic E-state index is 0.00271. The molecule has 0 bridgehead atoms. The van der Waals surface area contributed by atoms with E-state index in [1.54, 1.807) is 29.2 Å². The van der Waals surface area contributed by atoms with E-state index in [0.717, 1.165) is 11.3 Å². The topological polar surface area (TPSA) is 42.4 Å². The normalized spacial score (nSPS) is 18.3. The first-order chi connectivity index (χ1) is 10.6. The molecule has 1 fully saturated rings. The summed E-state index contributed by atoms with van der Waals surface area (Å²) in [6.45, 7) is 3.61. The van der Waals surface area contributed by atoms with E-state index in [4.69, 9.17) is 16.3 Å². The number of hydrogen-bond acceptors (Lipinski definition) is 3. The fraction of sp³-hybridized carbons (Fsp3) is 0.294. The van der Waals surface area contributed by atoms with E-state index in [-0.39, 0.29) is 12.0 Å². The Kier molecular flexibility index (Phi) is 4.41. The lowest BCUT2D eigenvalue weighted by atomic mass is 10.1. The average molecular weight is 317 g/mol. The van der Waals surface area contributed by atoms with Gasteiger partial charge in [-0.1, -0.05) is 17.7 Å². The predicted molar refractivity (Wildman–Crippen MR) is 85.0 cm³/mol. The first-order valence-electron chi connectivity index (χ1n) is 7.22. The molecule has 4 nitrogen and oxygen atoms in total. The van der Waals surface area contributed by atoms with Crippen LogP contribution < -0.4 is 0 Å². The molecule has 1 amide bonds. The van der Waals surface area contributed by atoms with Gasteiger partial charge in [0, 0.05) is 23.3 Å². The number of carbonyl (C=O) groups excluding carboxylic acids is 1.